The zero-order chi connectivity index (χ0) is 10.3. The molecule has 14 heavy (non-hydrogen) atoms. The molecular weight excluding hydrogens is 254 g/mol. The highest BCUT2D eigenvalue weighted by Gasteiger charge is 2.39. The molecular formula is C10H9BrF2O. The number of ether oxygens (including phenoxy) is 1. The third-order valence-corrected chi connectivity index (χ3v) is 3.10. The Kier molecular flexibility index (Phi) is 2.26. The van der Waals surface area contributed by atoms with Crippen molar-refractivity contribution in [2.75, 3.05) is 7.11 Å². The molecule has 0 saturated carbocycles. The molecule has 0 radical (unpaired) electrons. The van der Waals surface area contributed by atoms with E-state index in [1.165, 1.54) is 13.2 Å². The lowest BCUT2D eigenvalue weighted by molar-refractivity contribution is -0.00200. The topological polar surface area (TPSA) is 9.23 Å². The highest BCUT2D eigenvalue weighted by molar-refractivity contribution is 9.10. The fourth-order valence-corrected chi connectivity index (χ4v) is 2.28. The third-order valence-electron chi connectivity index (χ3n) is 2.48. The van der Waals surface area contributed by atoms with Gasteiger partial charge in [-0.05, 0) is 40.0 Å². The number of aryl methyl sites for hydroxylation is 1. The number of benzene rings is 1. The number of halogens is 3. The molecule has 0 atom stereocenters. The minimum atomic E-state index is -2.69. The van der Waals surface area contributed by atoms with Crippen LogP contribution in [0, 0.1) is 0 Å². The number of hydrogen-bond donors (Lipinski definition) is 0. The standard InChI is InChI=1S/C10H9BrF2O/c1-14-9-5-7-6(4-8(9)11)2-3-10(7,12)13/h4-5H,2-3H2,1H3. The van der Waals surface area contributed by atoms with Gasteiger partial charge in [0.2, 0.25) is 0 Å². The van der Waals surface area contributed by atoms with Crippen LogP contribution in [0.25, 0.3) is 0 Å². The van der Waals surface area contributed by atoms with E-state index in [0.717, 1.165) is 4.47 Å². The Hall–Kier alpha value is -0.640. The fourth-order valence-electron chi connectivity index (χ4n) is 1.72. The molecule has 1 aliphatic carbocycles. The molecule has 4 heteroatoms. The van der Waals surface area contributed by atoms with Gasteiger partial charge in [-0.3, -0.25) is 0 Å². The fraction of sp³-hybridized carbons (Fsp3) is 0.400. The third kappa shape index (κ3) is 1.41. The summed E-state index contributed by atoms with van der Waals surface area (Å²) in [6.45, 7) is 0. The molecule has 0 aliphatic heterocycles. The SMILES string of the molecule is COc1cc2c(cc1Br)CCC2(F)F. The van der Waals surface area contributed by atoms with Crippen LogP contribution >= 0.6 is 15.9 Å². The predicted octanol–water partition coefficient (Wildman–Crippen LogP) is 3.50. The van der Waals surface area contributed by atoms with Gasteiger partial charge < -0.3 is 4.74 Å². The van der Waals surface area contributed by atoms with Crippen LogP contribution in [0.2, 0.25) is 0 Å². The maximum atomic E-state index is 13.3. The van der Waals surface area contributed by atoms with E-state index < -0.39 is 5.92 Å². The Morgan fingerprint density at radius 2 is 2.14 bits per heavy atom. The second-order valence-electron chi connectivity index (χ2n) is 3.35. The molecule has 0 unspecified atom stereocenters. The Morgan fingerprint density at radius 3 is 2.79 bits per heavy atom. The van der Waals surface area contributed by atoms with Crippen LogP contribution in [-0.4, -0.2) is 7.11 Å². The van der Waals surface area contributed by atoms with Crippen LogP contribution < -0.4 is 4.74 Å². The maximum Gasteiger partial charge on any atom is 0.273 e. The number of methoxy groups -OCH3 is 1. The van der Waals surface area contributed by atoms with E-state index in [9.17, 15) is 8.78 Å². The van der Waals surface area contributed by atoms with Crippen molar-refractivity contribution in [2.45, 2.75) is 18.8 Å². The summed E-state index contributed by atoms with van der Waals surface area (Å²) in [5, 5.41) is 0. The molecule has 2 rings (SSSR count). The largest absolute Gasteiger partial charge is 0.496 e. The summed E-state index contributed by atoms with van der Waals surface area (Å²) in [4.78, 5) is 0. The lowest BCUT2D eigenvalue weighted by Crippen LogP contribution is -2.07. The van der Waals surface area contributed by atoms with Crippen molar-refractivity contribution < 1.29 is 13.5 Å². The monoisotopic (exact) mass is 262 g/mol. The van der Waals surface area contributed by atoms with Gasteiger partial charge in [0.25, 0.3) is 5.92 Å². The molecule has 0 N–H and O–H groups in total. The van der Waals surface area contributed by atoms with Crippen molar-refractivity contribution in [1.82, 2.24) is 0 Å². The van der Waals surface area contributed by atoms with Crippen molar-refractivity contribution in [2.24, 2.45) is 0 Å². The summed E-state index contributed by atoms with van der Waals surface area (Å²) in [7, 11) is 1.47. The minimum Gasteiger partial charge on any atom is -0.496 e. The van der Waals surface area contributed by atoms with Crippen molar-refractivity contribution in [3.8, 4) is 5.75 Å². The highest BCUT2D eigenvalue weighted by atomic mass is 79.9. The van der Waals surface area contributed by atoms with Crippen molar-refractivity contribution in [1.29, 1.82) is 0 Å². The van der Waals surface area contributed by atoms with Gasteiger partial charge in [0, 0.05) is 12.0 Å². The first-order valence-electron chi connectivity index (χ1n) is 4.29. The van der Waals surface area contributed by atoms with E-state index in [-0.39, 0.29) is 12.0 Å². The van der Waals surface area contributed by atoms with E-state index in [1.54, 1.807) is 6.07 Å². The zero-order valence-electron chi connectivity index (χ0n) is 7.61. The quantitative estimate of drug-likeness (QED) is 0.753. The van der Waals surface area contributed by atoms with Crippen molar-refractivity contribution >= 4 is 15.9 Å². The van der Waals surface area contributed by atoms with Crippen molar-refractivity contribution in [3.63, 3.8) is 0 Å². The molecule has 76 valence electrons. The molecule has 1 aromatic rings. The Balaban J connectivity index is 2.56. The van der Waals surface area contributed by atoms with Gasteiger partial charge in [0.05, 0.1) is 11.6 Å². The first kappa shape index (κ1) is 9.90. The molecule has 1 aliphatic rings. The summed E-state index contributed by atoms with van der Waals surface area (Å²) in [6.07, 6.45) is 0.340. The van der Waals surface area contributed by atoms with Crippen LogP contribution in [0.4, 0.5) is 8.78 Å². The Morgan fingerprint density at radius 1 is 1.43 bits per heavy atom. The number of fused-ring (bicyclic) bond motifs is 1. The summed E-state index contributed by atoms with van der Waals surface area (Å²) in [5.74, 6) is -2.23. The van der Waals surface area contributed by atoms with Crippen LogP contribution in [0.5, 0.6) is 5.75 Å². The summed E-state index contributed by atoms with van der Waals surface area (Å²) < 4.78 is 32.3. The van der Waals surface area contributed by atoms with Crippen LogP contribution in [0.3, 0.4) is 0 Å². The van der Waals surface area contributed by atoms with E-state index in [2.05, 4.69) is 15.9 Å². The van der Waals surface area contributed by atoms with E-state index in [1.807, 2.05) is 0 Å². The average Bonchev–Trinajstić information content (AvgIpc) is 2.41. The summed E-state index contributed by atoms with van der Waals surface area (Å²) in [6, 6.07) is 3.14. The Labute approximate surface area is 89.2 Å². The minimum absolute atomic E-state index is 0.0953. The molecule has 0 fully saturated rings. The second kappa shape index (κ2) is 3.19. The molecule has 0 bridgehead atoms. The van der Waals surface area contributed by atoms with Gasteiger partial charge in [-0.15, -0.1) is 0 Å². The van der Waals surface area contributed by atoms with Gasteiger partial charge in [0.1, 0.15) is 5.75 Å². The number of hydrogen-bond acceptors (Lipinski definition) is 1. The van der Waals surface area contributed by atoms with Gasteiger partial charge in [-0.1, -0.05) is 0 Å². The first-order valence-corrected chi connectivity index (χ1v) is 5.08. The van der Waals surface area contributed by atoms with E-state index in [4.69, 9.17) is 4.74 Å². The number of alkyl halides is 2. The normalized spacial score (nSPS) is 18.0. The van der Waals surface area contributed by atoms with Crippen molar-refractivity contribution in [3.05, 3.63) is 27.7 Å². The first-order chi connectivity index (χ1) is 6.54. The van der Waals surface area contributed by atoms with Crippen LogP contribution in [-0.2, 0) is 12.3 Å². The highest BCUT2D eigenvalue weighted by Crippen LogP contribution is 2.44. The molecule has 1 nitrogen and oxygen atoms in total. The van der Waals surface area contributed by atoms with Gasteiger partial charge in [-0.2, -0.15) is 0 Å². The molecule has 0 aromatic heterocycles. The van der Waals surface area contributed by atoms with Gasteiger partial charge >= 0.3 is 0 Å². The molecule has 1 aromatic carbocycles. The lowest BCUT2D eigenvalue weighted by atomic mass is 10.1. The van der Waals surface area contributed by atoms with E-state index in [0.29, 0.717) is 17.7 Å². The maximum absolute atomic E-state index is 13.3. The smallest absolute Gasteiger partial charge is 0.273 e. The molecule has 0 amide bonds. The van der Waals surface area contributed by atoms with Gasteiger partial charge in [0.15, 0.2) is 0 Å². The van der Waals surface area contributed by atoms with E-state index >= 15 is 0 Å². The summed E-state index contributed by atoms with van der Waals surface area (Å²) >= 11 is 3.28. The molecule has 0 spiro atoms. The molecule has 0 heterocycles. The van der Waals surface area contributed by atoms with Crippen LogP contribution in [0.1, 0.15) is 17.5 Å². The van der Waals surface area contributed by atoms with Crippen LogP contribution in [0.15, 0.2) is 16.6 Å². The molecule has 0 saturated heterocycles. The second-order valence-corrected chi connectivity index (χ2v) is 4.20. The number of rotatable bonds is 1. The van der Waals surface area contributed by atoms with Gasteiger partial charge in [-0.25, -0.2) is 8.78 Å². The average molecular weight is 263 g/mol. The Bertz CT molecular complexity index is 377. The summed E-state index contributed by atoms with van der Waals surface area (Å²) in [5.41, 5.74) is 0.820. The predicted molar refractivity (Wildman–Crippen MR) is 52.9 cm³/mol. The lowest BCUT2D eigenvalue weighted by Gasteiger charge is -2.12. The zero-order valence-corrected chi connectivity index (χ0v) is 9.20.